The van der Waals surface area contributed by atoms with Crippen LogP contribution in [0, 0.1) is 5.41 Å². The molecule has 1 fully saturated rings. The van der Waals surface area contributed by atoms with Crippen molar-refractivity contribution in [2.45, 2.75) is 32.2 Å². The van der Waals surface area contributed by atoms with E-state index in [1.54, 1.807) is 11.3 Å². The number of nitrogens with zero attached hydrogens (tertiary/aromatic N) is 1. The van der Waals surface area contributed by atoms with Gasteiger partial charge in [0.15, 0.2) is 0 Å². The van der Waals surface area contributed by atoms with Crippen LogP contribution in [0.5, 0.6) is 0 Å². The predicted octanol–water partition coefficient (Wildman–Crippen LogP) is 2.82. The van der Waals surface area contributed by atoms with Crippen molar-refractivity contribution in [3.05, 3.63) is 22.4 Å². The largest absolute Gasteiger partial charge is 0.481 e. The number of carboxylic acids is 1. The highest BCUT2D eigenvalue weighted by Gasteiger charge is 2.41. The number of rotatable bonds is 5. The molecule has 17 heavy (non-hydrogen) atoms. The van der Waals surface area contributed by atoms with E-state index in [1.165, 1.54) is 5.56 Å². The third kappa shape index (κ3) is 2.87. The fraction of sp³-hybridized carbons (Fsp3) is 0.615. The van der Waals surface area contributed by atoms with E-state index in [9.17, 15) is 9.90 Å². The summed E-state index contributed by atoms with van der Waals surface area (Å²) in [7, 11) is 2.01. The van der Waals surface area contributed by atoms with Crippen LogP contribution in [0.25, 0.3) is 0 Å². The molecule has 94 valence electrons. The Balaban J connectivity index is 1.96. The molecule has 1 aromatic rings. The van der Waals surface area contributed by atoms with Gasteiger partial charge in [-0.15, -0.1) is 0 Å². The molecule has 0 saturated heterocycles. The van der Waals surface area contributed by atoms with Crippen molar-refractivity contribution in [1.82, 2.24) is 4.90 Å². The highest BCUT2D eigenvalue weighted by atomic mass is 32.1. The Morgan fingerprint density at radius 3 is 2.76 bits per heavy atom. The second kappa shape index (κ2) is 5.19. The number of hydrogen-bond acceptors (Lipinski definition) is 3. The Morgan fingerprint density at radius 2 is 2.24 bits per heavy atom. The monoisotopic (exact) mass is 253 g/mol. The van der Waals surface area contributed by atoms with Crippen LogP contribution in [-0.4, -0.2) is 29.6 Å². The summed E-state index contributed by atoms with van der Waals surface area (Å²) < 4.78 is 0. The first-order valence-electron chi connectivity index (χ1n) is 6.05. The van der Waals surface area contributed by atoms with Gasteiger partial charge in [-0.3, -0.25) is 4.79 Å². The standard InChI is InChI=1S/C13H19NO2S/c1-14(8-11-4-7-17-9-11)10-13(12(15)16)5-2-3-6-13/h4,7,9H,2-3,5-6,8,10H2,1H3,(H,15,16). The van der Waals surface area contributed by atoms with Gasteiger partial charge in [0.25, 0.3) is 0 Å². The molecular weight excluding hydrogens is 234 g/mol. The lowest BCUT2D eigenvalue weighted by molar-refractivity contribution is -0.149. The zero-order valence-electron chi connectivity index (χ0n) is 10.2. The molecule has 0 aromatic carbocycles. The minimum Gasteiger partial charge on any atom is -0.481 e. The molecule has 0 spiro atoms. The van der Waals surface area contributed by atoms with Crippen molar-refractivity contribution >= 4 is 17.3 Å². The van der Waals surface area contributed by atoms with E-state index < -0.39 is 11.4 Å². The third-order valence-electron chi connectivity index (χ3n) is 3.62. The lowest BCUT2D eigenvalue weighted by Gasteiger charge is -2.29. The minimum absolute atomic E-state index is 0.495. The molecule has 4 heteroatoms. The van der Waals surface area contributed by atoms with Gasteiger partial charge < -0.3 is 10.0 Å². The molecule has 1 N–H and O–H groups in total. The third-order valence-corrected chi connectivity index (χ3v) is 4.35. The molecule has 1 heterocycles. The van der Waals surface area contributed by atoms with Gasteiger partial charge in [-0.05, 0) is 42.3 Å². The van der Waals surface area contributed by atoms with E-state index in [1.807, 2.05) is 7.05 Å². The second-order valence-electron chi connectivity index (χ2n) is 5.10. The summed E-state index contributed by atoms with van der Waals surface area (Å²) in [5, 5.41) is 13.6. The fourth-order valence-corrected chi connectivity index (χ4v) is 3.42. The Morgan fingerprint density at radius 1 is 1.53 bits per heavy atom. The van der Waals surface area contributed by atoms with Gasteiger partial charge in [0.1, 0.15) is 0 Å². The molecule has 1 aromatic heterocycles. The predicted molar refractivity (Wildman–Crippen MR) is 69.2 cm³/mol. The van der Waals surface area contributed by atoms with E-state index in [2.05, 4.69) is 21.7 Å². The van der Waals surface area contributed by atoms with Crippen molar-refractivity contribution in [3.63, 3.8) is 0 Å². The molecule has 0 aliphatic heterocycles. The summed E-state index contributed by atoms with van der Waals surface area (Å²) in [6.45, 7) is 1.51. The Hall–Kier alpha value is -0.870. The molecule has 0 amide bonds. The van der Waals surface area contributed by atoms with Crippen molar-refractivity contribution < 1.29 is 9.90 Å². The van der Waals surface area contributed by atoms with Gasteiger partial charge in [-0.25, -0.2) is 0 Å². The van der Waals surface area contributed by atoms with Crippen LogP contribution in [0.15, 0.2) is 16.8 Å². The first-order chi connectivity index (χ1) is 8.12. The highest BCUT2D eigenvalue weighted by Crippen LogP contribution is 2.39. The van der Waals surface area contributed by atoms with Gasteiger partial charge in [0.05, 0.1) is 5.41 Å². The van der Waals surface area contributed by atoms with Crippen LogP contribution < -0.4 is 0 Å². The molecule has 0 atom stereocenters. The van der Waals surface area contributed by atoms with Gasteiger partial charge in [0, 0.05) is 13.1 Å². The summed E-state index contributed by atoms with van der Waals surface area (Å²) in [5.74, 6) is -0.618. The van der Waals surface area contributed by atoms with E-state index in [0.29, 0.717) is 6.54 Å². The van der Waals surface area contributed by atoms with Crippen LogP contribution in [0.4, 0.5) is 0 Å². The smallest absolute Gasteiger partial charge is 0.310 e. The van der Waals surface area contributed by atoms with Crippen molar-refractivity contribution in [1.29, 1.82) is 0 Å². The van der Waals surface area contributed by atoms with Crippen LogP contribution >= 0.6 is 11.3 Å². The van der Waals surface area contributed by atoms with Crippen LogP contribution in [-0.2, 0) is 11.3 Å². The minimum atomic E-state index is -0.618. The van der Waals surface area contributed by atoms with Crippen molar-refractivity contribution in [2.75, 3.05) is 13.6 Å². The van der Waals surface area contributed by atoms with Crippen molar-refractivity contribution in [2.24, 2.45) is 5.41 Å². The molecule has 0 radical (unpaired) electrons. The van der Waals surface area contributed by atoms with Crippen LogP contribution in [0.3, 0.4) is 0 Å². The molecule has 1 aliphatic carbocycles. The molecule has 1 aliphatic rings. The molecule has 0 bridgehead atoms. The lowest BCUT2D eigenvalue weighted by atomic mass is 9.86. The first-order valence-corrected chi connectivity index (χ1v) is 7.00. The Bertz CT molecular complexity index is 369. The lowest BCUT2D eigenvalue weighted by Crippen LogP contribution is -2.39. The van der Waals surface area contributed by atoms with Gasteiger partial charge >= 0.3 is 5.97 Å². The number of carbonyl (C=O) groups is 1. The maximum absolute atomic E-state index is 11.4. The van der Waals surface area contributed by atoms with E-state index in [4.69, 9.17) is 0 Å². The fourth-order valence-electron chi connectivity index (χ4n) is 2.76. The van der Waals surface area contributed by atoms with Gasteiger partial charge in [-0.2, -0.15) is 11.3 Å². The number of thiophene rings is 1. The Kier molecular flexibility index (Phi) is 3.84. The van der Waals surface area contributed by atoms with Gasteiger partial charge in [0.2, 0.25) is 0 Å². The summed E-state index contributed by atoms with van der Waals surface area (Å²) in [6.07, 6.45) is 3.77. The highest BCUT2D eigenvalue weighted by molar-refractivity contribution is 7.07. The average molecular weight is 253 g/mol. The topological polar surface area (TPSA) is 40.5 Å². The summed E-state index contributed by atoms with van der Waals surface area (Å²) in [4.78, 5) is 13.6. The van der Waals surface area contributed by atoms with Crippen LogP contribution in [0.1, 0.15) is 31.2 Å². The van der Waals surface area contributed by atoms with Crippen molar-refractivity contribution in [3.8, 4) is 0 Å². The number of hydrogen-bond donors (Lipinski definition) is 1. The number of aliphatic carboxylic acids is 1. The second-order valence-corrected chi connectivity index (χ2v) is 5.88. The molecular formula is C13H19NO2S. The zero-order chi connectivity index (χ0) is 12.3. The number of carboxylic acid groups (broad SMARTS) is 1. The van der Waals surface area contributed by atoms with E-state index >= 15 is 0 Å². The zero-order valence-corrected chi connectivity index (χ0v) is 11.0. The quantitative estimate of drug-likeness (QED) is 0.877. The maximum Gasteiger partial charge on any atom is 0.310 e. The van der Waals surface area contributed by atoms with E-state index in [0.717, 1.165) is 32.2 Å². The summed E-state index contributed by atoms with van der Waals surface area (Å²) in [5.41, 5.74) is 0.779. The summed E-state index contributed by atoms with van der Waals surface area (Å²) >= 11 is 1.69. The Labute approximate surface area is 106 Å². The molecule has 2 rings (SSSR count). The van der Waals surface area contributed by atoms with Gasteiger partial charge in [-0.1, -0.05) is 12.8 Å². The van der Waals surface area contributed by atoms with Crippen LogP contribution in [0.2, 0.25) is 0 Å². The summed E-state index contributed by atoms with van der Waals surface area (Å²) in [6, 6.07) is 2.10. The molecule has 3 nitrogen and oxygen atoms in total. The average Bonchev–Trinajstić information content (AvgIpc) is 2.89. The maximum atomic E-state index is 11.4. The SMILES string of the molecule is CN(Cc1ccsc1)CC1(C(=O)O)CCCC1. The molecule has 0 unspecified atom stereocenters. The first kappa shape index (κ1) is 12.6. The molecule has 1 saturated carbocycles. The normalized spacial score (nSPS) is 18.7. The van der Waals surface area contributed by atoms with E-state index in [-0.39, 0.29) is 0 Å².